The average Bonchev–Trinajstić information content (AvgIpc) is 2.59. The van der Waals surface area contributed by atoms with Gasteiger partial charge in [-0.05, 0) is 31.4 Å². The van der Waals surface area contributed by atoms with Crippen molar-refractivity contribution < 1.29 is 16.9 Å². The molecule has 0 aromatic heterocycles. The number of hydrogen-bond acceptors (Lipinski definition) is 0. The van der Waals surface area contributed by atoms with E-state index in [1.807, 2.05) is 0 Å². The lowest BCUT2D eigenvalue weighted by atomic mass is 10.0. The van der Waals surface area contributed by atoms with Crippen molar-refractivity contribution >= 4 is 6.08 Å². The van der Waals surface area contributed by atoms with Crippen LogP contribution in [0.5, 0.6) is 0 Å². The van der Waals surface area contributed by atoms with Gasteiger partial charge in [-0.3, -0.25) is 4.48 Å². The fraction of sp³-hybridized carbons (Fsp3) is 0.652. The van der Waals surface area contributed by atoms with Crippen LogP contribution in [-0.2, 0) is 0 Å². The quantitative estimate of drug-likeness (QED) is 0.365. The Labute approximate surface area is 163 Å². The fourth-order valence-corrected chi connectivity index (χ4v) is 3.07. The molecule has 0 aliphatic heterocycles. The van der Waals surface area contributed by atoms with E-state index in [1.165, 1.54) is 69.8 Å². The van der Waals surface area contributed by atoms with Crippen LogP contribution in [0.1, 0.15) is 83.6 Å². The van der Waals surface area contributed by atoms with Crippen molar-refractivity contribution in [2.24, 2.45) is 0 Å². The summed E-state index contributed by atoms with van der Waals surface area (Å²) in [6.07, 6.45) is 18.6. The van der Waals surface area contributed by atoms with Gasteiger partial charge in [-0.15, -0.1) is 0 Å². The minimum Gasteiger partial charge on any atom is -1.00 e. The Morgan fingerprint density at radius 1 is 0.840 bits per heavy atom. The summed E-state index contributed by atoms with van der Waals surface area (Å²) in [7, 11) is 4.63. The SMILES string of the molecule is CCCCCCCCCCCC(C)[N+](C)(C)C=Cc1ccccc1.[Cl-]. The second-order valence-corrected chi connectivity index (χ2v) is 7.82. The van der Waals surface area contributed by atoms with E-state index in [1.54, 1.807) is 0 Å². The number of halogens is 1. The van der Waals surface area contributed by atoms with Gasteiger partial charge in [0.15, 0.2) is 0 Å². The maximum absolute atomic E-state index is 2.39. The van der Waals surface area contributed by atoms with Crippen molar-refractivity contribution in [2.45, 2.75) is 84.1 Å². The predicted octanol–water partition coefficient (Wildman–Crippen LogP) is 4.05. The number of nitrogens with zero attached hydrogens (tertiary/aromatic N) is 1. The Kier molecular flexibility index (Phi) is 13.9. The van der Waals surface area contributed by atoms with Gasteiger partial charge in [-0.2, -0.15) is 0 Å². The molecule has 0 N–H and O–H groups in total. The van der Waals surface area contributed by atoms with E-state index >= 15 is 0 Å². The van der Waals surface area contributed by atoms with Gasteiger partial charge in [0.05, 0.1) is 26.3 Å². The Morgan fingerprint density at radius 3 is 1.92 bits per heavy atom. The van der Waals surface area contributed by atoms with Crippen molar-refractivity contribution in [3.63, 3.8) is 0 Å². The maximum atomic E-state index is 2.39. The highest BCUT2D eigenvalue weighted by Crippen LogP contribution is 2.18. The highest BCUT2D eigenvalue weighted by Gasteiger charge is 2.20. The summed E-state index contributed by atoms with van der Waals surface area (Å²) in [5.41, 5.74) is 1.29. The minimum absolute atomic E-state index is 0. The first-order valence-corrected chi connectivity index (χ1v) is 10.1. The number of unbranched alkanes of at least 4 members (excludes halogenated alkanes) is 8. The Balaban J connectivity index is 0.00000576. The summed E-state index contributed by atoms with van der Waals surface area (Å²) >= 11 is 0. The zero-order chi connectivity index (χ0) is 17.7. The molecule has 2 heteroatoms. The van der Waals surface area contributed by atoms with E-state index in [0.717, 1.165) is 4.48 Å². The van der Waals surface area contributed by atoms with Crippen molar-refractivity contribution in [2.75, 3.05) is 14.1 Å². The zero-order valence-electron chi connectivity index (χ0n) is 17.0. The topological polar surface area (TPSA) is 0 Å². The summed E-state index contributed by atoms with van der Waals surface area (Å²) in [6, 6.07) is 11.3. The van der Waals surface area contributed by atoms with Gasteiger partial charge < -0.3 is 12.4 Å². The van der Waals surface area contributed by atoms with Gasteiger partial charge in [0.25, 0.3) is 0 Å². The molecule has 0 fully saturated rings. The lowest BCUT2D eigenvalue weighted by Crippen LogP contribution is -3.00. The van der Waals surface area contributed by atoms with Crippen LogP contribution in [0.2, 0.25) is 0 Å². The number of rotatable bonds is 13. The number of hydrogen-bond donors (Lipinski definition) is 0. The monoisotopic (exact) mass is 365 g/mol. The van der Waals surface area contributed by atoms with E-state index < -0.39 is 0 Å². The van der Waals surface area contributed by atoms with Gasteiger partial charge >= 0.3 is 0 Å². The Hall–Kier alpha value is -0.790. The van der Waals surface area contributed by atoms with Gasteiger partial charge in [0, 0.05) is 0 Å². The average molecular weight is 366 g/mol. The van der Waals surface area contributed by atoms with E-state index in [0.29, 0.717) is 6.04 Å². The third kappa shape index (κ3) is 11.4. The van der Waals surface area contributed by atoms with Crippen LogP contribution < -0.4 is 12.4 Å². The molecule has 0 aliphatic rings. The van der Waals surface area contributed by atoms with Crippen LogP contribution in [0.4, 0.5) is 0 Å². The van der Waals surface area contributed by atoms with Crippen molar-refractivity contribution in [1.29, 1.82) is 0 Å². The van der Waals surface area contributed by atoms with Crippen LogP contribution in [-0.4, -0.2) is 24.6 Å². The Morgan fingerprint density at radius 2 is 1.36 bits per heavy atom. The molecule has 0 saturated heterocycles. The van der Waals surface area contributed by atoms with Gasteiger partial charge in [0.1, 0.15) is 0 Å². The summed E-state index contributed by atoms with van der Waals surface area (Å²) in [5, 5.41) is 0. The Bertz CT molecular complexity index is 439. The molecule has 0 aliphatic carbocycles. The molecule has 0 amide bonds. The third-order valence-electron chi connectivity index (χ3n) is 5.31. The first-order chi connectivity index (χ1) is 11.6. The normalized spacial score (nSPS) is 13.0. The third-order valence-corrected chi connectivity index (χ3v) is 5.31. The van der Waals surface area contributed by atoms with Gasteiger partial charge in [-0.1, -0.05) is 88.6 Å². The van der Waals surface area contributed by atoms with Crippen LogP contribution >= 0.6 is 0 Å². The van der Waals surface area contributed by atoms with Crippen LogP contribution in [0, 0.1) is 0 Å². The smallest absolute Gasteiger partial charge is 0.0962 e. The van der Waals surface area contributed by atoms with Gasteiger partial charge in [0.2, 0.25) is 0 Å². The number of benzene rings is 1. The van der Waals surface area contributed by atoms with Crippen molar-refractivity contribution in [3.8, 4) is 0 Å². The molecule has 1 aromatic rings. The zero-order valence-corrected chi connectivity index (χ0v) is 17.8. The molecule has 1 aromatic carbocycles. The summed E-state index contributed by atoms with van der Waals surface area (Å²) in [6.45, 7) is 4.68. The molecule has 1 rings (SSSR count). The van der Waals surface area contributed by atoms with E-state index in [4.69, 9.17) is 0 Å². The molecule has 1 atom stereocenters. The van der Waals surface area contributed by atoms with Crippen LogP contribution in [0.25, 0.3) is 6.08 Å². The van der Waals surface area contributed by atoms with Crippen molar-refractivity contribution in [3.05, 3.63) is 42.1 Å². The molecule has 144 valence electrons. The largest absolute Gasteiger partial charge is 1.00 e. The lowest BCUT2D eigenvalue weighted by molar-refractivity contribution is -0.863. The summed E-state index contributed by atoms with van der Waals surface area (Å²) < 4.78 is 0.964. The molecule has 0 spiro atoms. The summed E-state index contributed by atoms with van der Waals surface area (Å²) in [4.78, 5) is 0. The first-order valence-electron chi connectivity index (χ1n) is 10.1. The minimum atomic E-state index is 0. The predicted molar refractivity (Wildman–Crippen MR) is 109 cm³/mol. The highest BCUT2D eigenvalue weighted by atomic mass is 35.5. The van der Waals surface area contributed by atoms with Crippen LogP contribution in [0.3, 0.4) is 0 Å². The molecule has 0 heterocycles. The standard InChI is InChI=1S/C23H40N.ClH/c1-5-6-7-8-9-10-11-12-14-17-22(2)24(3,4)21-20-23-18-15-13-16-19-23;/h13,15-16,18-22H,5-12,14,17H2,1-4H3;1H/q+1;/p-1. The second kappa shape index (κ2) is 14.4. The lowest BCUT2D eigenvalue weighted by Gasteiger charge is -2.32. The second-order valence-electron chi connectivity index (χ2n) is 7.82. The summed E-state index contributed by atoms with van der Waals surface area (Å²) in [5.74, 6) is 0. The number of quaternary nitrogens is 1. The van der Waals surface area contributed by atoms with E-state index in [9.17, 15) is 0 Å². The molecule has 0 saturated carbocycles. The van der Waals surface area contributed by atoms with E-state index in [-0.39, 0.29) is 12.4 Å². The molecule has 0 radical (unpaired) electrons. The molecular weight excluding hydrogens is 326 g/mol. The molecular formula is C23H40ClN. The molecule has 25 heavy (non-hydrogen) atoms. The van der Waals surface area contributed by atoms with Crippen molar-refractivity contribution in [1.82, 2.24) is 0 Å². The maximum Gasteiger partial charge on any atom is 0.0962 e. The molecule has 1 unspecified atom stereocenters. The highest BCUT2D eigenvalue weighted by molar-refractivity contribution is 5.47. The van der Waals surface area contributed by atoms with Crippen LogP contribution in [0.15, 0.2) is 36.5 Å². The van der Waals surface area contributed by atoms with E-state index in [2.05, 4.69) is 70.6 Å². The molecule has 0 bridgehead atoms. The fourth-order valence-electron chi connectivity index (χ4n) is 3.07. The first kappa shape index (κ1) is 24.2. The van der Waals surface area contributed by atoms with Gasteiger partial charge in [-0.25, -0.2) is 0 Å². The molecule has 1 nitrogen and oxygen atoms in total.